The van der Waals surface area contributed by atoms with Crippen molar-refractivity contribution in [2.45, 2.75) is 24.3 Å². The van der Waals surface area contributed by atoms with E-state index < -0.39 is 18.1 Å². The second-order valence-corrected chi connectivity index (χ2v) is 6.03. The summed E-state index contributed by atoms with van der Waals surface area (Å²) >= 11 is 1.32. The minimum atomic E-state index is -1.08. The minimum Gasteiger partial charge on any atom is -0.480 e. The Labute approximate surface area is 127 Å². The first-order chi connectivity index (χ1) is 9.99. The molecule has 1 aromatic rings. The van der Waals surface area contributed by atoms with Gasteiger partial charge in [0.1, 0.15) is 6.04 Å². The van der Waals surface area contributed by atoms with Crippen LogP contribution in [-0.2, 0) is 9.59 Å². The fourth-order valence-electron chi connectivity index (χ4n) is 2.19. The number of nitrogens with one attached hydrogen (secondary N) is 1. The van der Waals surface area contributed by atoms with Crippen molar-refractivity contribution in [1.29, 1.82) is 0 Å². The smallest absolute Gasteiger partial charge is 0.327 e. The predicted molar refractivity (Wildman–Crippen MR) is 81.9 cm³/mol. The van der Waals surface area contributed by atoms with Gasteiger partial charge in [-0.15, -0.1) is 11.8 Å². The number of benzene rings is 1. The van der Waals surface area contributed by atoms with Crippen LogP contribution in [0.25, 0.3) is 6.08 Å². The van der Waals surface area contributed by atoms with E-state index in [4.69, 9.17) is 5.11 Å². The largest absolute Gasteiger partial charge is 0.480 e. The maximum absolute atomic E-state index is 11.1. The van der Waals surface area contributed by atoms with Gasteiger partial charge in [0.05, 0.1) is 11.4 Å². The molecule has 2 rings (SSSR count). The van der Waals surface area contributed by atoms with Gasteiger partial charge in [-0.05, 0) is 11.1 Å². The molecule has 0 aromatic heterocycles. The molecule has 3 N–H and O–H groups in total. The number of aliphatic carboxylic acids is 1. The second-order valence-electron chi connectivity index (χ2n) is 4.82. The molecule has 112 valence electrons. The molecule has 3 unspecified atom stereocenters. The Hall–Kier alpha value is -1.79. The Morgan fingerprint density at radius 3 is 2.76 bits per heavy atom. The molecule has 0 saturated carbocycles. The van der Waals surface area contributed by atoms with Gasteiger partial charge in [0.25, 0.3) is 0 Å². The minimum absolute atomic E-state index is 0.198. The molecule has 1 amide bonds. The van der Waals surface area contributed by atoms with Crippen molar-refractivity contribution >= 4 is 29.7 Å². The molecule has 0 fully saturated rings. The number of thioether (sulfide) groups is 1. The molecule has 1 aliphatic rings. The zero-order valence-electron chi connectivity index (χ0n) is 11.5. The molecular formula is C15H17NO4S. The van der Waals surface area contributed by atoms with Crippen molar-refractivity contribution in [2.24, 2.45) is 0 Å². The standard InChI is InChI=1S/C15H17NO4S/c1-9(17)16-12(15(19)20)8-21-13-7-6-10-4-2-3-5-11(10)14(13)18/h2-7,12-14,18H,8H2,1H3,(H,16,17)(H,19,20). The van der Waals surface area contributed by atoms with Crippen LogP contribution in [0.3, 0.4) is 0 Å². The van der Waals surface area contributed by atoms with E-state index in [0.717, 1.165) is 11.1 Å². The van der Waals surface area contributed by atoms with Crippen molar-refractivity contribution in [1.82, 2.24) is 5.32 Å². The molecule has 5 nitrogen and oxygen atoms in total. The second kappa shape index (κ2) is 6.78. The molecule has 6 heteroatoms. The first kappa shape index (κ1) is 15.6. The van der Waals surface area contributed by atoms with Crippen LogP contribution in [0.4, 0.5) is 0 Å². The number of hydrogen-bond acceptors (Lipinski definition) is 4. The van der Waals surface area contributed by atoms with Gasteiger partial charge in [0.2, 0.25) is 5.91 Å². The van der Waals surface area contributed by atoms with Crippen LogP contribution >= 0.6 is 11.8 Å². The van der Waals surface area contributed by atoms with Crippen molar-refractivity contribution in [3.63, 3.8) is 0 Å². The zero-order chi connectivity index (χ0) is 15.4. The lowest BCUT2D eigenvalue weighted by molar-refractivity contribution is -0.140. The van der Waals surface area contributed by atoms with Crippen LogP contribution < -0.4 is 5.32 Å². The Morgan fingerprint density at radius 2 is 2.10 bits per heavy atom. The van der Waals surface area contributed by atoms with Gasteiger partial charge in [-0.25, -0.2) is 4.79 Å². The number of rotatable bonds is 5. The lowest BCUT2D eigenvalue weighted by atomic mass is 9.95. The zero-order valence-corrected chi connectivity index (χ0v) is 12.3. The highest BCUT2D eigenvalue weighted by Crippen LogP contribution is 2.34. The Morgan fingerprint density at radius 1 is 1.38 bits per heavy atom. The lowest BCUT2D eigenvalue weighted by Crippen LogP contribution is -2.42. The third kappa shape index (κ3) is 3.86. The van der Waals surface area contributed by atoms with Crippen molar-refractivity contribution in [3.8, 4) is 0 Å². The molecule has 1 aliphatic carbocycles. The average molecular weight is 307 g/mol. The molecule has 0 spiro atoms. The summed E-state index contributed by atoms with van der Waals surface area (Å²) in [6.45, 7) is 1.28. The fourth-order valence-corrected chi connectivity index (χ4v) is 3.35. The Balaban J connectivity index is 2.01. The molecule has 21 heavy (non-hydrogen) atoms. The maximum atomic E-state index is 11.1. The van der Waals surface area contributed by atoms with E-state index >= 15 is 0 Å². The number of carboxylic acid groups (broad SMARTS) is 1. The molecule has 3 atom stereocenters. The topological polar surface area (TPSA) is 86.6 Å². The van der Waals surface area contributed by atoms with Crippen LogP contribution in [0.5, 0.6) is 0 Å². The van der Waals surface area contributed by atoms with E-state index in [1.165, 1.54) is 18.7 Å². The van der Waals surface area contributed by atoms with Gasteiger partial charge in [-0.2, -0.15) is 0 Å². The lowest BCUT2D eigenvalue weighted by Gasteiger charge is -2.26. The van der Waals surface area contributed by atoms with E-state index in [1.54, 1.807) is 0 Å². The first-order valence-corrected chi connectivity index (χ1v) is 7.60. The molecule has 1 aromatic carbocycles. The first-order valence-electron chi connectivity index (χ1n) is 6.55. The molecule has 0 aliphatic heterocycles. The summed E-state index contributed by atoms with van der Waals surface area (Å²) in [7, 11) is 0. The van der Waals surface area contributed by atoms with Gasteiger partial charge in [0.15, 0.2) is 0 Å². The third-order valence-corrected chi connectivity index (χ3v) is 4.55. The highest BCUT2D eigenvalue weighted by atomic mass is 32.2. The monoisotopic (exact) mass is 307 g/mol. The Kier molecular flexibility index (Phi) is 5.03. The summed E-state index contributed by atoms with van der Waals surface area (Å²) < 4.78 is 0. The Bertz CT molecular complexity index is 573. The molecule has 0 bridgehead atoms. The highest BCUT2D eigenvalue weighted by molar-refractivity contribution is 8.00. The van der Waals surface area contributed by atoms with E-state index in [2.05, 4.69) is 5.32 Å². The van der Waals surface area contributed by atoms with Crippen LogP contribution in [0, 0.1) is 0 Å². The number of carboxylic acids is 1. The van der Waals surface area contributed by atoms with Gasteiger partial charge in [-0.1, -0.05) is 36.4 Å². The van der Waals surface area contributed by atoms with Crippen LogP contribution in [0.2, 0.25) is 0 Å². The summed E-state index contributed by atoms with van der Waals surface area (Å²) in [5, 5.41) is 21.6. The van der Waals surface area contributed by atoms with Crippen molar-refractivity contribution in [2.75, 3.05) is 5.75 Å². The quantitative estimate of drug-likeness (QED) is 0.766. The number of amides is 1. The van der Waals surface area contributed by atoms with Gasteiger partial charge < -0.3 is 15.5 Å². The van der Waals surface area contributed by atoms with Gasteiger partial charge in [-0.3, -0.25) is 4.79 Å². The number of carbonyl (C=O) groups excluding carboxylic acids is 1. The number of aliphatic hydroxyl groups excluding tert-OH is 1. The SMILES string of the molecule is CC(=O)NC(CSC1C=Cc2ccccc2C1O)C(=O)O. The van der Waals surface area contributed by atoms with E-state index in [1.807, 2.05) is 36.4 Å². The van der Waals surface area contributed by atoms with Gasteiger partial charge >= 0.3 is 5.97 Å². The molecule has 0 heterocycles. The number of fused-ring (bicyclic) bond motifs is 1. The molecule has 0 saturated heterocycles. The van der Waals surface area contributed by atoms with Crippen molar-refractivity contribution in [3.05, 3.63) is 41.5 Å². The van der Waals surface area contributed by atoms with Crippen molar-refractivity contribution < 1.29 is 19.8 Å². The summed E-state index contributed by atoms with van der Waals surface area (Å²) in [5.74, 6) is -1.26. The summed E-state index contributed by atoms with van der Waals surface area (Å²) in [6.07, 6.45) is 3.11. The average Bonchev–Trinajstić information content (AvgIpc) is 2.45. The van der Waals surface area contributed by atoms with E-state index in [-0.39, 0.29) is 16.9 Å². The van der Waals surface area contributed by atoms with E-state index in [9.17, 15) is 14.7 Å². The van der Waals surface area contributed by atoms with Gasteiger partial charge in [0, 0.05) is 12.7 Å². The summed E-state index contributed by atoms with van der Waals surface area (Å²) in [5.41, 5.74) is 1.81. The van der Waals surface area contributed by atoms with Crippen LogP contribution in [0.15, 0.2) is 30.3 Å². The van der Waals surface area contributed by atoms with Crippen LogP contribution in [0.1, 0.15) is 24.2 Å². The predicted octanol–water partition coefficient (Wildman–Crippen LogP) is 1.44. The van der Waals surface area contributed by atoms with E-state index in [0.29, 0.717) is 0 Å². The molecular weight excluding hydrogens is 290 g/mol. The fraction of sp³-hybridized carbons (Fsp3) is 0.333. The third-order valence-electron chi connectivity index (χ3n) is 3.22. The molecule has 0 radical (unpaired) electrons. The number of hydrogen-bond donors (Lipinski definition) is 3. The highest BCUT2D eigenvalue weighted by Gasteiger charge is 2.27. The number of carbonyl (C=O) groups is 2. The normalized spacial score (nSPS) is 21.4. The van der Waals surface area contributed by atoms with Crippen LogP contribution in [-0.4, -0.2) is 39.1 Å². The summed E-state index contributed by atoms with van der Waals surface area (Å²) in [4.78, 5) is 22.1. The maximum Gasteiger partial charge on any atom is 0.327 e. The number of aliphatic hydroxyl groups is 1. The summed E-state index contributed by atoms with van der Waals surface area (Å²) in [6, 6.07) is 6.60.